The van der Waals surface area contributed by atoms with Gasteiger partial charge < -0.3 is 10.1 Å². The van der Waals surface area contributed by atoms with Crippen molar-refractivity contribution >= 4 is 0 Å². The molecule has 0 unspecified atom stereocenters. The molecule has 0 saturated carbocycles. The van der Waals surface area contributed by atoms with Crippen LogP contribution in [0.15, 0.2) is 6.20 Å². The number of piperidine rings is 1. The van der Waals surface area contributed by atoms with Gasteiger partial charge in [0.1, 0.15) is 6.10 Å². The van der Waals surface area contributed by atoms with E-state index in [0.717, 1.165) is 17.8 Å². The lowest BCUT2D eigenvalue weighted by molar-refractivity contribution is -0.143. The highest BCUT2D eigenvalue weighted by molar-refractivity contribution is 5.27. The number of hydrogen-bond donors (Lipinski definition) is 1. The van der Waals surface area contributed by atoms with Gasteiger partial charge in [-0.15, -0.1) is 0 Å². The van der Waals surface area contributed by atoms with Crippen molar-refractivity contribution in [1.82, 2.24) is 15.1 Å². The molecule has 0 amide bonds. The summed E-state index contributed by atoms with van der Waals surface area (Å²) < 4.78 is 44.5. The molecule has 1 fully saturated rings. The summed E-state index contributed by atoms with van der Waals surface area (Å²) >= 11 is 0. The molecule has 4 nitrogen and oxygen atoms in total. The van der Waals surface area contributed by atoms with E-state index in [1.54, 1.807) is 0 Å². The van der Waals surface area contributed by atoms with E-state index in [9.17, 15) is 13.2 Å². The maximum Gasteiger partial charge on any atom is 0.438 e. The Kier molecular flexibility index (Phi) is 3.28. The molecule has 96 valence electrons. The molecule has 0 spiro atoms. The molecule has 0 atom stereocenters. The predicted octanol–water partition coefficient (Wildman–Crippen LogP) is 1.57. The minimum atomic E-state index is -4.47. The molecule has 1 aliphatic heterocycles. The molecule has 0 aliphatic carbocycles. The number of ether oxygens (including phenoxy) is 1. The van der Waals surface area contributed by atoms with Crippen molar-refractivity contribution in [2.24, 2.45) is 7.05 Å². The van der Waals surface area contributed by atoms with Gasteiger partial charge in [0, 0.05) is 7.05 Å². The van der Waals surface area contributed by atoms with Crippen molar-refractivity contribution in [1.29, 1.82) is 0 Å². The molecule has 0 bridgehead atoms. The summed E-state index contributed by atoms with van der Waals surface area (Å²) in [7, 11) is 1.45. The number of alkyl halides is 3. The van der Waals surface area contributed by atoms with E-state index in [1.807, 2.05) is 0 Å². The molecular weight excluding hydrogens is 235 g/mol. The molecule has 1 saturated heterocycles. The lowest BCUT2D eigenvalue weighted by atomic mass is 10.1. The first-order valence-corrected chi connectivity index (χ1v) is 5.45. The largest absolute Gasteiger partial charge is 0.486 e. The van der Waals surface area contributed by atoms with Crippen molar-refractivity contribution in [3.8, 4) is 5.75 Å². The van der Waals surface area contributed by atoms with Crippen molar-refractivity contribution in [2.75, 3.05) is 13.1 Å². The second-order valence-electron chi connectivity index (χ2n) is 4.08. The highest BCUT2D eigenvalue weighted by Gasteiger charge is 2.38. The summed E-state index contributed by atoms with van der Waals surface area (Å²) in [5, 5.41) is 6.53. The molecule has 0 radical (unpaired) electrons. The molecule has 17 heavy (non-hydrogen) atoms. The van der Waals surface area contributed by atoms with Crippen LogP contribution in [0.5, 0.6) is 5.75 Å². The average Bonchev–Trinajstić information content (AvgIpc) is 2.60. The smallest absolute Gasteiger partial charge is 0.438 e. The van der Waals surface area contributed by atoms with Gasteiger partial charge in [-0.25, -0.2) is 0 Å². The Morgan fingerprint density at radius 1 is 1.41 bits per heavy atom. The van der Waals surface area contributed by atoms with Crippen LogP contribution in [0.3, 0.4) is 0 Å². The van der Waals surface area contributed by atoms with Crippen LogP contribution in [-0.4, -0.2) is 29.0 Å². The Bertz CT molecular complexity index is 383. The topological polar surface area (TPSA) is 39.1 Å². The fourth-order valence-corrected chi connectivity index (χ4v) is 1.84. The first-order chi connectivity index (χ1) is 7.97. The fourth-order valence-electron chi connectivity index (χ4n) is 1.84. The first kappa shape index (κ1) is 12.2. The van der Waals surface area contributed by atoms with E-state index >= 15 is 0 Å². The Morgan fingerprint density at radius 3 is 2.65 bits per heavy atom. The minimum absolute atomic E-state index is 0.165. The van der Waals surface area contributed by atoms with Crippen molar-refractivity contribution in [3.05, 3.63) is 11.9 Å². The van der Waals surface area contributed by atoms with Gasteiger partial charge in [-0.1, -0.05) is 0 Å². The molecule has 1 aromatic heterocycles. The molecule has 1 aliphatic rings. The third-order valence-corrected chi connectivity index (χ3v) is 2.64. The number of halogens is 3. The highest BCUT2D eigenvalue weighted by Crippen LogP contribution is 2.35. The lowest BCUT2D eigenvalue weighted by Crippen LogP contribution is -2.34. The van der Waals surface area contributed by atoms with Gasteiger partial charge in [0.2, 0.25) is 5.69 Å². The second kappa shape index (κ2) is 4.56. The number of nitrogens with one attached hydrogen (secondary N) is 1. The van der Waals surface area contributed by atoms with Crippen molar-refractivity contribution < 1.29 is 17.9 Å². The lowest BCUT2D eigenvalue weighted by Gasteiger charge is -2.23. The summed E-state index contributed by atoms with van der Waals surface area (Å²) in [6, 6.07) is 0. The van der Waals surface area contributed by atoms with Gasteiger partial charge in [-0.2, -0.15) is 18.3 Å². The molecule has 2 rings (SSSR count). The Labute approximate surface area is 96.7 Å². The maximum absolute atomic E-state index is 12.6. The van der Waals surface area contributed by atoms with Crippen LogP contribution in [0.1, 0.15) is 18.5 Å². The van der Waals surface area contributed by atoms with Crippen LogP contribution in [0.25, 0.3) is 0 Å². The average molecular weight is 249 g/mol. The van der Waals surface area contributed by atoms with Gasteiger partial charge in [-0.05, 0) is 25.9 Å². The molecule has 0 aromatic carbocycles. The third-order valence-electron chi connectivity index (χ3n) is 2.64. The van der Waals surface area contributed by atoms with E-state index in [-0.39, 0.29) is 11.9 Å². The first-order valence-electron chi connectivity index (χ1n) is 5.45. The molecule has 1 aromatic rings. The van der Waals surface area contributed by atoms with E-state index < -0.39 is 11.9 Å². The number of rotatable bonds is 2. The number of nitrogens with zero attached hydrogens (tertiary/aromatic N) is 2. The zero-order valence-corrected chi connectivity index (χ0v) is 9.42. The van der Waals surface area contributed by atoms with Crippen LogP contribution < -0.4 is 10.1 Å². The van der Waals surface area contributed by atoms with Gasteiger partial charge >= 0.3 is 6.18 Å². The van der Waals surface area contributed by atoms with E-state index in [2.05, 4.69) is 10.4 Å². The summed E-state index contributed by atoms with van der Waals surface area (Å²) in [5.41, 5.74) is -0.946. The Hall–Kier alpha value is -1.24. The van der Waals surface area contributed by atoms with Gasteiger partial charge in [0.05, 0.1) is 6.20 Å². The predicted molar refractivity (Wildman–Crippen MR) is 54.7 cm³/mol. The zero-order valence-electron chi connectivity index (χ0n) is 9.42. The Morgan fingerprint density at radius 2 is 2.06 bits per heavy atom. The van der Waals surface area contributed by atoms with Crippen LogP contribution in [0, 0.1) is 0 Å². The van der Waals surface area contributed by atoms with E-state index in [4.69, 9.17) is 4.74 Å². The van der Waals surface area contributed by atoms with Gasteiger partial charge in [0.15, 0.2) is 5.75 Å². The van der Waals surface area contributed by atoms with E-state index in [0.29, 0.717) is 12.8 Å². The van der Waals surface area contributed by atoms with Gasteiger partial charge in [0.25, 0.3) is 0 Å². The fraction of sp³-hybridized carbons (Fsp3) is 0.700. The van der Waals surface area contributed by atoms with Crippen LogP contribution >= 0.6 is 0 Å². The van der Waals surface area contributed by atoms with Crippen molar-refractivity contribution in [3.63, 3.8) is 0 Å². The monoisotopic (exact) mass is 249 g/mol. The molecule has 1 N–H and O–H groups in total. The SMILES string of the molecule is Cn1cc(OC2CCNCC2)c(C(F)(F)F)n1. The molecular formula is C10H14F3N3O. The maximum atomic E-state index is 12.6. The normalized spacial score (nSPS) is 18.4. The summed E-state index contributed by atoms with van der Waals surface area (Å²) in [4.78, 5) is 0. The number of aryl methyl sites for hydroxylation is 1. The van der Waals surface area contributed by atoms with Gasteiger partial charge in [-0.3, -0.25) is 4.68 Å². The quantitative estimate of drug-likeness (QED) is 0.864. The third kappa shape index (κ3) is 2.91. The zero-order chi connectivity index (χ0) is 12.5. The highest BCUT2D eigenvalue weighted by atomic mass is 19.4. The van der Waals surface area contributed by atoms with Crippen LogP contribution in [0.2, 0.25) is 0 Å². The van der Waals surface area contributed by atoms with Crippen LogP contribution in [-0.2, 0) is 13.2 Å². The van der Waals surface area contributed by atoms with Crippen molar-refractivity contribution in [2.45, 2.75) is 25.1 Å². The standard InChI is InChI=1S/C10H14F3N3O/c1-16-6-8(9(15-16)10(11,12)13)17-7-2-4-14-5-3-7/h6-7,14H,2-5H2,1H3. The Balaban J connectivity index is 2.14. The molecule has 2 heterocycles. The molecule has 7 heteroatoms. The summed E-state index contributed by atoms with van der Waals surface area (Å²) in [6.07, 6.45) is -1.94. The van der Waals surface area contributed by atoms with E-state index in [1.165, 1.54) is 13.2 Å². The minimum Gasteiger partial charge on any atom is -0.486 e. The number of aromatic nitrogens is 2. The van der Waals surface area contributed by atoms with Crippen LogP contribution in [0.4, 0.5) is 13.2 Å². The summed E-state index contributed by atoms with van der Waals surface area (Å²) in [5.74, 6) is -0.174. The number of hydrogen-bond acceptors (Lipinski definition) is 3. The summed E-state index contributed by atoms with van der Waals surface area (Å²) in [6.45, 7) is 1.54. The second-order valence-corrected chi connectivity index (χ2v) is 4.08.